The first-order valence-electron chi connectivity index (χ1n) is 6.25. The van der Waals surface area contributed by atoms with Crippen molar-refractivity contribution in [3.8, 4) is 5.75 Å². The summed E-state index contributed by atoms with van der Waals surface area (Å²) in [5.41, 5.74) is 1.73. The number of methoxy groups -OCH3 is 1. The van der Waals surface area contributed by atoms with Crippen LogP contribution >= 0.6 is 0 Å². The summed E-state index contributed by atoms with van der Waals surface area (Å²) in [6.45, 7) is 10.3. The number of amides is 1. The fraction of sp³-hybridized carbons (Fsp3) is 0.533. The summed E-state index contributed by atoms with van der Waals surface area (Å²) in [7, 11) is 1.58. The predicted molar refractivity (Wildman–Crippen MR) is 74.3 cm³/mol. The molecule has 1 rings (SSSR count). The first-order valence-corrected chi connectivity index (χ1v) is 6.25. The first kappa shape index (κ1) is 14.6. The molecule has 18 heavy (non-hydrogen) atoms. The molecule has 0 bridgehead atoms. The van der Waals surface area contributed by atoms with Crippen LogP contribution in [0.2, 0.25) is 0 Å². The van der Waals surface area contributed by atoms with Crippen molar-refractivity contribution < 1.29 is 9.53 Å². The maximum Gasteiger partial charge on any atom is 0.255 e. The van der Waals surface area contributed by atoms with Gasteiger partial charge in [0.2, 0.25) is 0 Å². The Balaban J connectivity index is 3.18. The minimum absolute atomic E-state index is 0.0130. The van der Waals surface area contributed by atoms with Gasteiger partial charge in [-0.25, -0.2) is 0 Å². The van der Waals surface area contributed by atoms with Gasteiger partial charge in [-0.3, -0.25) is 4.79 Å². The third-order valence-electron chi connectivity index (χ3n) is 2.73. The van der Waals surface area contributed by atoms with E-state index in [1.807, 2.05) is 32.0 Å². The van der Waals surface area contributed by atoms with Gasteiger partial charge >= 0.3 is 0 Å². The Bertz CT molecular complexity index is 431. The van der Waals surface area contributed by atoms with Gasteiger partial charge in [-0.2, -0.15) is 0 Å². The third kappa shape index (κ3) is 3.49. The lowest BCUT2D eigenvalue weighted by Gasteiger charge is -2.21. The second kappa shape index (κ2) is 5.42. The molecule has 1 N–H and O–H groups in total. The number of hydrogen-bond donors (Lipinski definition) is 1. The quantitative estimate of drug-likeness (QED) is 0.893. The highest BCUT2D eigenvalue weighted by atomic mass is 16.5. The number of benzene rings is 1. The van der Waals surface area contributed by atoms with Crippen LogP contribution in [0.5, 0.6) is 5.75 Å². The molecule has 0 fully saturated rings. The van der Waals surface area contributed by atoms with Crippen molar-refractivity contribution in [3.63, 3.8) is 0 Å². The lowest BCUT2D eigenvalue weighted by atomic mass is 9.86. The van der Waals surface area contributed by atoms with Crippen molar-refractivity contribution >= 4 is 5.91 Å². The summed E-state index contributed by atoms with van der Waals surface area (Å²) in [4.78, 5) is 12.1. The number of rotatable bonds is 3. The van der Waals surface area contributed by atoms with Gasteiger partial charge in [0.1, 0.15) is 5.75 Å². The zero-order valence-corrected chi connectivity index (χ0v) is 12.1. The van der Waals surface area contributed by atoms with E-state index in [1.165, 1.54) is 0 Å². The van der Waals surface area contributed by atoms with E-state index in [9.17, 15) is 4.79 Å². The summed E-state index contributed by atoms with van der Waals surface area (Å²) in [5.74, 6) is 0.522. The van der Waals surface area contributed by atoms with Crippen molar-refractivity contribution in [2.24, 2.45) is 0 Å². The van der Waals surface area contributed by atoms with E-state index in [0.717, 1.165) is 5.56 Å². The molecule has 0 aromatic heterocycles. The molecule has 0 saturated heterocycles. The molecule has 0 aliphatic carbocycles. The molecular formula is C15H23NO2. The molecule has 0 aliphatic rings. The fourth-order valence-electron chi connectivity index (χ4n) is 1.69. The number of carbonyl (C=O) groups excluding carboxylic acids is 1. The van der Waals surface area contributed by atoms with E-state index in [2.05, 4.69) is 26.1 Å². The number of hydrogen-bond acceptors (Lipinski definition) is 2. The highest BCUT2D eigenvalue weighted by Crippen LogP contribution is 2.27. The average molecular weight is 249 g/mol. The van der Waals surface area contributed by atoms with Crippen molar-refractivity contribution in [3.05, 3.63) is 29.3 Å². The van der Waals surface area contributed by atoms with Gasteiger partial charge in [-0.15, -0.1) is 0 Å². The summed E-state index contributed by atoms with van der Waals surface area (Å²) in [6.07, 6.45) is 0. The van der Waals surface area contributed by atoms with E-state index in [0.29, 0.717) is 11.3 Å². The lowest BCUT2D eigenvalue weighted by molar-refractivity contribution is 0.0940. The van der Waals surface area contributed by atoms with Crippen LogP contribution in [0, 0.1) is 0 Å². The standard InChI is InChI=1S/C15H23NO2/c1-10(2)16-14(17)12-9-11(15(3,4)5)7-8-13(12)18-6/h7-10H,1-6H3,(H,16,17). The molecule has 0 heterocycles. The number of ether oxygens (including phenoxy) is 1. The normalized spacial score (nSPS) is 11.5. The monoisotopic (exact) mass is 249 g/mol. The second-order valence-electron chi connectivity index (χ2n) is 5.79. The molecule has 1 aromatic rings. The molecule has 0 aliphatic heterocycles. The van der Waals surface area contributed by atoms with Gasteiger partial charge in [0.25, 0.3) is 5.91 Å². The summed E-state index contributed by atoms with van der Waals surface area (Å²) in [6, 6.07) is 5.89. The van der Waals surface area contributed by atoms with Crippen LogP contribution in [0.4, 0.5) is 0 Å². The smallest absolute Gasteiger partial charge is 0.255 e. The lowest BCUT2D eigenvalue weighted by Crippen LogP contribution is -2.30. The molecule has 0 spiro atoms. The average Bonchev–Trinajstić information content (AvgIpc) is 2.26. The molecule has 100 valence electrons. The van der Waals surface area contributed by atoms with E-state index >= 15 is 0 Å². The Morgan fingerprint density at radius 1 is 1.28 bits per heavy atom. The fourth-order valence-corrected chi connectivity index (χ4v) is 1.69. The van der Waals surface area contributed by atoms with Crippen molar-refractivity contribution in [1.82, 2.24) is 5.32 Å². The molecule has 1 aromatic carbocycles. The van der Waals surface area contributed by atoms with E-state index < -0.39 is 0 Å². The minimum atomic E-state index is -0.0899. The van der Waals surface area contributed by atoms with E-state index in [4.69, 9.17) is 4.74 Å². The Labute approximate surface area is 110 Å². The summed E-state index contributed by atoms with van der Waals surface area (Å²) >= 11 is 0. The Morgan fingerprint density at radius 2 is 1.89 bits per heavy atom. The minimum Gasteiger partial charge on any atom is -0.496 e. The molecule has 1 amide bonds. The second-order valence-corrected chi connectivity index (χ2v) is 5.79. The highest BCUT2D eigenvalue weighted by molar-refractivity contribution is 5.97. The SMILES string of the molecule is COc1ccc(C(C)(C)C)cc1C(=O)NC(C)C. The molecule has 0 saturated carbocycles. The maximum absolute atomic E-state index is 12.1. The van der Waals surface area contributed by atoms with Crippen molar-refractivity contribution in [2.45, 2.75) is 46.1 Å². The molecule has 0 unspecified atom stereocenters. The van der Waals surface area contributed by atoms with Crippen LogP contribution in [0.3, 0.4) is 0 Å². The zero-order valence-electron chi connectivity index (χ0n) is 12.1. The van der Waals surface area contributed by atoms with Crippen LogP contribution in [0.1, 0.15) is 50.5 Å². The molecule has 0 atom stereocenters. The topological polar surface area (TPSA) is 38.3 Å². The van der Waals surface area contributed by atoms with Gasteiger partial charge < -0.3 is 10.1 Å². The van der Waals surface area contributed by atoms with E-state index in [-0.39, 0.29) is 17.4 Å². The van der Waals surface area contributed by atoms with Crippen molar-refractivity contribution in [2.75, 3.05) is 7.11 Å². The zero-order chi connectivity index (χ0) is 13.9. The van der Waals surface area contributed by atoms with E-state index in [1.54, 1.807) is 7.11 Å². The third-order valence-corrected chi connectivity index (χ3v) is 2.73. The first-order chi connectivity index (χ1) is 8.25. The Hall–Kier alpha value is -1.51. The van der Waals surface area contributed by atoms with Gasteiger partial charge in [0.05, 0.1) is 12.7 Å². The van der Waals surface area contributed by atoms with Crippen LogP contribution in [0.25, 0.3) is 0 Å². The Morgan fingerprint density at radius 3 is 2.33 bits per heavy atom. The number of carbonyl (C=O) groups is 1. The van der Waals surface area contributed by atoms with Crippen LogP contribution in [0.15, 0.2) is 18.2 Å². The van der Waals surface area contributed by atoms with Gasteiger partial charge in [-0.05, 0) is 37.0 Å². The summed E-state index contributed by atoms with van der Waals surface area (Å²) in [5, 5.41) is 2.89. The van der Waals surface area contributed by atoms with Crippen LogP contribution in [-0.2, 0) is 5.41 Å². The summed E-state index contributed by atoms with van der Waals surface area (Å²) < 4.78 is 5.25. The number of nitrogens with one attached hydrogen (secondary N) is 1. The predicted octanol–water partition coefficient (Wildman–Crippen LogP) is 3.13. The van der Waals surface area contributed by atoms with Gasteiger partial charge in [0.15, 0.2) is 0 Å². The molecule has 3 heteroatoms. The maximum atomic E-state index is 12.1. The Kier molecular flexibility index (Phi) is 4.38. The highest BCUT2D eigenvalue weighted by Gasteiger charge is 2.19. The van der Waals surface area contributed by atoms with Gasteiger partial charge in [0, 0.05) is 6.04 Å². The largest absolute Gasteiger partial charge is 0.496 e. The van der Waals surface area contributed by atoms with Crippen LogP contribution < -0.4 is 10.1 Å². The van der Waals surface area contributed by atoms with Gasteiger partial charge in [-0.1, -0.05) is 26.8 Å². The van der Waals surface area contributed by atoms with Crippen LogP contribution in [-0.4, -0.2) is 19.1 Å². The van der Waals surface area contributed by atoms with Crippen molar-refractivity contribution in [1.29, 1.82) is 0 Å². The molecule has 3 nitrogen and oxygen atoms in total. The molecule has 0 radical (unpaired) electrons. The molecular weight excluding hydrogens is 226 g/mol.